The maximum Gasteiger partial charge on any atom is 0.246 e. The van der Waals surface area contributed by atoms with Crippen molar-refractivity contribution in [1.82, 2.24) is 10.00 Å². The molecule has 0 amide bonds. The second kappa shape index (κ2) is 7.27. The van der Waals surface area contributed by atoms with E-state index in [2.05, 4.69) is 52.8 Å². The van der Waals surface area contributed by atoms with Gasteiger partial charge in [0.05, 0.1) is 30.8 Å². The molecule has 0 unspecified atom stereocenters. The number of likely N-dealkylation sites (tertiary alicyclic amines) is 1. The Balaban J connectivity index is 1.52. The van der Waals surface area contributed by atoms with Crippen molar-refractivity contribution in [3.63, 3.8) is 0 Å². The molecule has 6 heteroatoms. The first-order valence-electron chi connectivity index (χ1n) is 11.6. The molecule has 4 heterocycles. The maximum atomic E-state index is 6.55. The molecule has 0 spiro atoms. The third-order valence-electron chi connectivity index (χ3n) is 6.83. The first kappa shape index (κ1) is 19.7. The monoisotopic (exact) mass is 432 g/mol. The van der Waals surface area contributed by atoms with E-state index in [-0.39, 0.29) is 5.60 Å². The highest BCUT2D eigenvalue weighted by Gasteiger charge is 2.36. The molecular formula is C26H30N3O3+. The van der Waals surface area contributed by atoms with Gasteiger partial charge in [0.25, 0.3) is 0 Å². The summed E-state index contributed by atoms with van der Waals surface area (Å²) in [6.45, 7) is 8.47. The number of fused-ring (bicyclic) bond motifs is 4. The van der Waals surface area contributed by atoms with Gasteiger partial charge in [-0.2, -0.15) is 5.10 Å². The number of hydrogen-bond donors (Lipinski definition) is 1. The van der Waals surface area contributed by atoms with Gasteiger partial charge in [0, 0.05) is 0 Å². The van der Waals surface area contributed by atoms with Crippen LogP contribution in [-0.4, -0.2) is 42.3 Å². The number of nitrogens with zero attached hydrogens (tertiary/aromatic N) is 2. The van der Waals surface area contributed by atoms with Crippen molar-refractivity contribution in [3.05, 3.63) is 35.9 Å². The number of rotatable bonds is 4. The van der Waals surface area contributed by atoms with Gasteiger partial charge in [-0.3, -0.25) is 4.90 Å². The molecule has 1 saturated heterocycles. The first-order valence-corrected chi connectivity index (χ1v) is 11.6. The third-order valence-corrected chi connectivity index (χ3v) is 6.83. The summed E-state index contributed by atoms with van der Waals surface area (Å²) in [5, 5.41) is 4.80. The average molecular weight is 433 g/mol. The number of nitrogens with one attached hydrogen (secondary N) is 1. The molecule has 1 aromatic heterocycles. The van der Waals surface area contributed by atoms with Crippen LogP contribution >= 0.6 is 0 Å². The number of H-pyrrole nitrogens is 1. The summed E-state index contributed by atoms with van der Waals surface area (Å²) >= 11 is 0. The van der Waals surface area contributed by atoms with Crippen LogP contribution in [-0.2, 0) is 6.54 Å². The fourth-order valence-corrected chi connectivity index (χ4v) is 5.17. The summed E-state index contributed by atoms with van der Waals surface area (Å²) in [6, 6.07) is 8.22. The highest BCUT2D eigenvalue weighted by molar-refractivity contribution is 6.03. The Kier molecular flexibility index (Phi) is 4.47. The van der Waals surface area contributed by atoms with Crippen LogP contribution in [0.1, 0.15) is 38.7 Å². The predicted molar refractivity (Wildman–Crippen MR) is 125 cm³/mol. The SMILES string of the molecule is COc1cccc2c1Oc1c3c(cc4c1c-2[nH][n+]4CCN1CCCCC1)OC(C)(C)C=C3. The molecule has 3 aromatic rings. The molecule has 0 bridgehead atoms. The van der Waals surface area contributed by atoms with Crippen molar-refractivity contribution >= 4 is 17.0 Å². The normalized spacial score (nSPS) is 18.6. The molecule has 3 aliphatic heterocycles. The molecule has 2 aromatic carbocycles. The zero-order chi connectivity index (χ0) is 21.9. The lowest BCUT2D eigenvalue weighted by molar-refractivity contribution is -0.725. The lowest BCUT2D eigenvalue weighted by atomic mass is 9.96. The summed E-state index contributed by atoms with van der Waals surface area (Å²) in [6.07, 6.45) is 8.17. The quantitative estimate of drug-likeness (QED) is 0.466. The number of piperidine rings is 1. The fraction of sp³-hybridized carbons (Fsp3) is 0.423. The highest BCUT2D eigenvalue weighted by Crippen LogP contribution is 2.53. The largest absolute Gasteiger partial charge is 0.493 e. The van der Waals surface area contributed by atoms with E-state index >= 15 is 0 Å². The summed E-state index contributed by atoms with van der Waals surface area (Å²) in [5.74, 6) is 3.18. The molecule has 166 valence electrons. The number of para-hydroxylation sites is 1. The highest BCUT2D eigenvalue weighted by atomic mass is 16.5. The van der Waals surface area contributed by atoms with Crippen LogP contribution in [0.5, 0.6) is 23.0 Å². The van der Waals surface area contributed by atoms with Crippen LogP contribution in [0.15, 0.2) is 30.3 Å². The van der Waals surface area contributed by atoms with Gasteiger partial charge in [0.1, 0.15) is 22.4 Å². The second-order valence-electron chi connectivity index (χ2n) is 9.53. The van der Waals surface area contributed by atoms with Crippen LogP contribution < -0.4 is 18.9 Å². The molecule has 0 saturated carbocycles. The number of hydrogen-bond acceptors (Lipinski definition) is 4. The second-order valence-corrected chi connectivity index (χ2v) is 9.53. The van der Waals surface area contributed by atoms with Crippen molar-refractivity contribution in [3.8, 4) is 34.3 Å². The number of benzene rings is 2. The Hall–Kier alpha value is -2.99. The van der Waals surface area contributed by atoms with Crippen LogP contribution in [0.3, 0.4) is 0 Å². The lowest BCUT2D eigenvalue weighted by Gasteiger charge is -2.29. The molecule has 1 N–H and O–H groups in total. The van der Waals surface area contributed by atoms with Crippen molar-refractivity contribution in [2.45, 2.75) is 45.3 Å². The first-order chi connectivity index (χ1) is 15.5. The van der Waals surface area contributed by atoms with E-state index in [1.165, 1.54) is 32.4 Å². The van der Waals surface area contributed by atoms with Gasteiger partial charge in [-0.15, -0.1) is 4.68 Å². The van der Waals surface area contributed by atoms with Crippen LogP contribution in [0.2, 0.25) is 0 Å². The minimum Gasteiger partial charge on any atom is -0.493 e. The average Bonchev–Trinajstić information content (AvgIpc) is 3.16. The third kappa shape index (κ3) is 3.08. The lowest BCUT2D eigenvalue weighted by Crippen LogP contribution is -2.43. The van der Waals surface area contributed by atoms with Crippen LogP contribution in [0, 0.1) is 0 Å². The van der Waals surface area contributed by atoms with Crippen molar-refractivity contribution < 1.29 is 18.9 Å². The molecule has 32 heavy (non-hydrogen) atoms. The Bertz CT molecular complexity index is 1240. The van der Waals surface area contributed by atoms with Crippen molar-refractivity contribution in [2.75, 3.05) is 26.7 Å². The van der Waals surface area contributed by atoms with E-state index in [0.717, 1.165) is 63.8 Å². The molecule has 6 nitrogen and oxygen atoms in total. The molecular weight excluding hydrogens is 402 g/mol. The Morgan fingerprint density at radius 3 is 2.81 bits per heavy atom. The Morgan fingerprint density at radius 1 is 1.16 bits per heavy atom. The van der Waals surface area contributed by atoms with Crippen molar-refractivity contribution in [1.29, 1.82) is 0 Å². The summed E-state index contributed by atoms with van der Waals surface area (Å²) in [4.78, 5) is 2.57. The van der Waals surface area contributed by atoms with Gasteiger partial charge in [0.2, 0.25) is 5.52 Å². The molecule has 1 fully saturated rings. The van der Waals surface area contributed by atoms with E-state index in [1.807, 2.05) is 12.1 Å². The van der Waals surface area contributed by atoms with Crippen LogP contribution in [0.4, 0.5) is 0 Å². The van der Waals surface area contributed by atoms with Gasteiger partial charge in [-0.05, 0) is 64.1 Å². The number of aromatic nitrogens is 2. The van der Waals surface area contributed by atoms with E-state index in [9.17, 15) is 0 Å². The van der Waals surface area contributed by atoms with E-state index in [4.69, 9.17) is 14.2 Å². The van der Waals surface area contributed by atoms with Gasteiger partial charge in [0.15, 0.2) is 23.8 Å². The fourth-order valence-electron chi connectivity index (χ4n) is 5.17. The molecule has 0 radical (unpaired) electrons. The molecule has 6 rings (SSSR count). The number of ether oxygens (including phenoxy) is 3. The number of aromatic amines is 1. The van der Waals surface area contributed by atoms with E-state index < -0.39 is 0 Å². The Morgan fingerprint density at radius 2 is 2.00 bits per heavy atom. The van der Waals surface area contributed by atoms with Gasteiger partial charge >= 0.3 is 0 Å². The zero-order valence-corrected chi connectivity index (χ0v) is 19.0. The minimum atomic E-state index is -0.352. The summed E-state index contributed by atoms with van der Waals surface area (Å²) < 4.78 is 20.8. The van der Waals surface area contributed by atoms with E-state index in [0.29, 0.717) is 0 Å². The molecule has 0 atom stereocenters. The minimum absolute atomic E-state index is 0.352. The molecule has 0 aliphatic carbocycles. The Labute approximate surface area is 188 Å². The maximum absolute atomic E-state index is 6.55. The van der Waals surface area contributed by atoms with Crippen LogP contribution in [0.25, 0.3) is 28.2 Å². The number of methoxy groups -OCH3 is 1. The van der Waals surface area contributed by atoms with Gasteiger partial charge in [-0.1, -0.05) is 12.5 Å². The summed E-state index contributed by atoms with van der Waals surface area (Å²) in [7, 11) is 1.68. The smallest absolute Gasteiger partial charge is 0.246 e. The van der Waals surface area contributed by atoms with Crippen molar-refractivity contribution in [2.24, 2.45) is 0 Å². The predicted octanol–water partition coefficient (Wildman–Crippen LogP) is 4.91. The molecule has 3 aliphatic rings. The van der Waals surface area contributed by atoms with E-state index in [1.54, 1.807) is 7.11 Å². The van der Waals surface area contributed by atoms with Gasteiger partial charge < -0.3 is 14.2 Å². The topological polar surface area (TPSA) is 50.6 Å². The summed E-state index contributed by atoms with van der Waals surface area (Å²) in [5.41, 5.74) is 3.85. The standard InChI is InChI=1S/C26H29N3O3/c1-26(2)11-10-17-21(32-26)16-19-22-23(27-29(19)15-14-28-12-5-4-6-13-28)18-8-7-9-20(30-3)24(18)31-25(17)22/h7-11,16H,4-6,12-15H2,1-3H3/p+1. The van der Waals surface area contributed by atoms with Gasteiger partial charge in [-0.25, -0.2) is 0 Å². The zero-order valence-electron chi connectivity index (χ0n) is 19.0.